The maximum absolute atomic E-state index is 11.5. The number of rotatable bonds is 8. The first-order valence-electron chi connectivity index (χ1n) is 5.64. The smallest absolute Gasteiger partial charge is 0.329 e. The molecule has 104 valence electrons. The van der Waals surface area contributed by atoms with Gasteiger partial charge in [0, 0.05) is 26.0 Å². The fourth-order valence-corrected chi connectivity index (χ4v) is 1.25. The van der Waals surface area contributed by atoms with E-state index in [1.165, 1.54) is 0 Å². The first kappa shape index (κ1) is 14.8. The molecular formula is C11H16N4O4. The number of amides is 1. The third kappa shape index (κ3) is 6.32. The molecule has 8 heteroatoms. The zero-order valence-corrected chi connectivity index (χ0v) is 10.6. The molecular weight excluding hydrogens is 252 g/mol. The maximum Gasteiger partial charge on any atom is 0.329 e. The summed E-state index contributed by atoms with van der Waals surface area (Å²) in [6.07, 6.45) is 3.19. The van der Waals surface area contributed by atoms with Crippen LogP contribution in [0.25, 0.3) is 0 Å². The van der Waals surface area contributed by atoms with E-state index >= 15 is 0 Å². The second-order valence-corrected chi connectivity index (χ2v) is 3.70. The molecule has 1 aromatic heterocycles. The molecule has 1 rings (SSSR count). The maximum atomic E-state index is 11.5. The third-order valence-corrected chi connectivity index (χ3v) is 2.07. The van der Waals surface area contributed by atoms with E-state index in [4.69, 9.17) is 9.84 Å². The lowest BCUT2D eigenvalue weighted by atomic mass is 10.5. The molecule has 1 aromatic rings. The molecule has 2 N–H and O–H groups in total. The fourth-order valence-electron chi connectivity index (χ4n) is 1.25. The lowest BCUT2D eigenvalue weighted by molar-refractivity contribution is -0.142. The minimum Gasteiger partial charge on any atom is -0.480 e. The summed E-state index contributed by atoms with van der Waals surface area (Å²) in [5, 5.41) is 10.9. The molecule has 0 saturated heterocycles. The molecule has 0 fully saturated rings. The highest BCUT2D eigenvalue weighted by molar-refractivity contribution is 5.80. The number of aliphatic carboxylic acids is 1. The van der Waals surface area contributed by atoms with Gasteiger partial charge in [0.25, 0.3) is 0 Å². The molecule has 0 saturated carbocycles. The van der Waals surface area contributed by atoms with Crippen molar-refractivity contribution >= 4 is 17.8 Å². The van der Waals surface area contributed by atoms with Gasteiger partial charge in [0.05, 0.1) is 13.2 Å². The number of carboxylic acid groups (broad SMARTS) is 1. The number of ether oxygens (including phenoxy) is 1. The van der Waals surface area contributed by atoms with Crippen molar-refractivity contribution in [1.82, 2.24) is 15.3 Å². The molecule has 1 heterocycles. The Kier molecular flexibility index (Phi) is 6.23. The van der Waals surface area contributed by atoms with E-state index in [2.05, 4.69) is 15.3 Å². The lowest BCUT2D eigenvalue weighted by Crippen LogP contribution is -2.37. The molecule has 0 bridgehead atoms. The summed E-state index contributed by atoms with van der Waals surface area (Å²) in [7, 11) is 1.70. The number of hydrogen-bond acceptors (Lipinski definition) is 6. The van der Waals surface area contributed by atoms with Gasteiger partial charge in [-0.2, -0.15) is 0 Å². The van der Waals surface area contributed by atoms with E-state index < -0.39 is 5.97 Å². The summed E-state index contributed by atoms with van der Waals surface area (Å²) in [6.45, 7) is 0.162. The number of carbonyl (C=O) groups is 2. The number of likely N-dealkylation sites (N-methyl/N-ethyl adjacent to an activating group) is 1. The van der Waals surface area contributed by atoms with Crippen molar-refractivity contribution in [2.75, 3.05) is 38.3 Å². The lowest BCUT2D eigenvalue weighted by Gasteiger charge is -2.15. The minimum absolute atomic E-state index is 0.114. The zero-order valence-electron chi connectivity index (χ0n) is 10.6. The first-order chi connectivity index (χ1) is 9.09. The van der Waals surface area contributed by atoms with Crippen LogP contribution in [0.4, 0.5) is 5.95 Å². The van der Waals surface area contributed by atoms with Crippen LogP contribution < -0.4 is 10.2 Å². The van der Waals surface area contributed by atoms with Crippen molar-refractivity contribution in [2.24, 2.45) is 0 Å². The number of carboxylic acids is 1. The molecule has 1 amide bonds. The standard InChI is InChI=1S/C11H16N4O4/c1-15(11-13-3-2-4-14-11)7-9(16)12-5-6-19-8-10(17)18/h2-4H,5-8H2,1H3,(H,12,16)(H,17,18). The topological polar surface area (TPSA) is 105 Å². The zero-order chi connectivity index (χ0) is 14.1. The van der Waals surface area contributed by atoms with E-state index in [0.29, 0.717) is 5.95 Å². The number of aromatic nitrogens is 2. The minimum atomic E-state index is -1.03. The Bertz CT molecular complexity index is 412. The summed E-state index contributed by atoms with van der Waals surface area (Å²) in [4.78, 5) is 31.3. The number of carbonyl (C=O) groups excluding carboxylic acids is 1. The Balaban J connectivity index is 2.19. The summed E-state index contributed by atoms with van der Waals surface area (Å²) in [5.74, 6) is -0.791. The predicted octanol–water partition coefficient (Wildman–Crippen LogP) is -0.870. The quantitative estimate of drug-likeness (QED) is 0.590. The molecule has 0 aromatic carbocycles. The molecule has 0 unspecified atom stereocenters. The van der Waals surface area contributed by atoms with Gasteiger partial charge in [0.15, 0.2) is 0 Å². The average Bonchev–Trinajstić information content (AvgIpc) is 2.39. The summed E-state index contributed by atoms with van der Waals surface area (Å²) >= 11 is 0. The fraction of sp³-hybridized carbons (Fsp3) is 0.455. The Morgan fingerprint density at radius 1 is 1.42 bits per heavy atom. The number of nitrogens with zero attached hydrogens (tertiary/aromatic N) is 3. The molecule has 0 atom stereocenters. The van der Waals surface area contributed by atoms with Crippen LogP contribution in [0.1, 0.15) is 0 Å². The van der Waals surface area contributed by atoms with E-state index in [0.717, 1.165) is 0 Å². The second-order valence-electron chi connectivity index (χ2n) is 3.70. The number of hydrogen-bond donors (Lipinski definition) is 2. The molecule has 19 heavy (non-hydrogen) atoms. The molecule has 0 aliphatic carbocycles. The van der Waals surface area contributed by atoms with Gasteiger partial charge in [-0.15, -0.1) is 0 Å². The first-order valence-corrected chi connectivity index (χ1v) is 5.64. The van der Waals surface area contributed by atoms with Crippen molar-refractivity contribution in [3.63, 3.8) is 0 Å². The molecule has 0 spiro atoms. The highest BCUT2D eigenvalue weighted by Crippen LogP contribution is 2.00. The van der Waals surface area contributed by atoms with Gasteiger partial charge in [0.1, 0.15) is 6.61 Å². The van der Waals surface area contributed by atoms with Gasteiger partial charge >= 0.3 is 5.97 Å². The van der Waals surface area contributed by atoms with Crippen molar-refractivity contribution in [2.45, 2.75) is 0 Å². The van der Waals surface area contributed by atoms with Crippen LogP contribution in [-0.4, -0.2) is 60.3 Å². The van der Waals surface area contributed by atoms with Gasteiger partial charge in [-0.1, -0.05) is 0 Å². The van der Waals surface area contributed by atoms with Crippen LogP contribution in [-0.2, 0) is 14.3 Å². The van der Waals surface area contributed by atoms with E-state index in [9.17, 15) is 9.59 Å². The largest absolute Gasteiger partial charge is 0.480 e. The SMILES string of the molecule is CN(CC(=O)NCCOCC(=O)O)c1ncccn1. The van der Waals surface area contributed by atoms with Crippen molar-refractivity contribution in [3.8, 4) is 0 Å². The highest BCUT2D eigenvalue weighted by atomic mass is 16.5. The van der Waals surface area contributed by atoms with Gasteiger partial charge < -0.3 is 20.1 Å². The highest BCUT2D eigenvalue weighted by Gasteiger charge is 2.08. The van der Waals surface area contributed by atoms with Crippen LogP contribution in [0.2, 0.25) is 0 Å². The van der Waals surface area contributed by atoms with Crippen molar-refractivity contribution < 1.29 is 19.4 Å². The van der Waals surface area contributed by atoms with Gasteiger partial charge in [0.2, 0.25) is 11.9 Å². The predicted molar refractivity (Wildman–Crippen MR) is 66.8 cm³/mol. The van der Waals surface area contributed by atoms with Crippen molar-refractivity contribution in [3.05, 3.63) is 18.5 Å². The van der Waals surface area contributed by atoms with Gasteiger partial charge in [-0.3, -0.25) is 4.79 Å². The normalized spacial score (nSPS) is 9.95. The second kappa shape index (κ2) is 7.98. The van der Waals surface area contributed by atoms with Crippen LogP contribution in [0, 0.1) is 0 Å². The van der Waals surface area contributed by atoms with Crippen molar-refractivity contribution in [1.29, 1.82) is 0 Å². The molecule has 0 radical (unpaired) electrons. The molecule has 0 aliphatic rings. The summed E-state index contributed by atoms with van der Waals surface area (Å²) in [5.41, 5.74) is 0. The average molecular weight is 268 g/mol. The monoisotopic (exact) mass is 268 g/mol. The third-order valence-electron chi connectivity index (χ3n) is 2.07. The Morgan fingerprint density at radius 3 is 2.74 bits per heavy atom. The van der Waals surface area contributed by atoms with E-state index in [1.54, 1.807) is 30.4 Å². The van der Waals surface area contributed by atoms with Crippen LogP contribution >= 0.6 is 0 Å². The van der Waals surface area contributed by atoms with Crippen LogP contribution in [0.5, 0.6) is 0 Å². The summed E-state index contributed by atoms with van der Waals surface area (Å²) < 4.78 is 4.78. The van der Waals surface area contributed by atoms with Crippen LogP contribution in [0.15, 0.2) is 18.5 Å². The van der Waals surface area contributed by atoms with Crippen LogP contribution in [0.3, 0.4) is 0 Å². The number of nitrogens with one attached hydrogen (secondary N) is 1. The van der Waals surface area contributed by atoms with Gasteiger partial charge in [-0.25, -0.2) is 14.8 Å². The number of anilines is 1. The Hall–Kier alpha value is -2.22. The van der Waals surface area contributed by atoms with E-state index in [-0.39, 0.29) is 32.2 Å². The Morgan fingerprint density at radius 2 is 2.11 bits per heavy atom. The van der Waals surface area contributed by atoms with E-state index in [1.807, 2.05) is 0 Å². The van der Waals surface area contributed by atoms with Gasteiger partial charge in [-0.05, 0) is 6.07 Å². The molecule has 8 nitrogen and oxygen atoms in total. The molecule has 0 aliphatic heterocycles. The Labute approximate surface area is 110 Å². The summed E-state index contributed by atoms with van der Waals surface area (Å²) in [6, 6.07) is 1.69.